The molecule has 1 heterocycles. The smallest absolute Gasteiger partial charge is 0.0322 e. The molecule has 1 aromatic rings. The van der Waals surface area contributed by atoms with Crippen LogP contribution in [0.5, 0.6) is 0 Å². The van der Waals surface area contributed by atoms with E-state index >= 15 is 0 Å². The van der Waals surface area contributed by atoms with Gasteiger partial charge in [-0.2, -0.15) is 0 Å². The standard InChI is InChI=1S/C16H26N2/c1-4-14-11-18(10-9-16(14)17)13(3)15-8-6-5-7-12(15)2/h5-8,13-14,16H,4,9-11,17H2,1-3H3. The molecule has 0 bridgehead atoms. The second kappa shape index (κ2) is 5.85. The molecule has 1 fully saturated rings. The van der Waals surface area contributed by atoms with Crippen LogP contribution in [0, 0.1) is 12.8 Å². The number of nitrogens with zero attached hydrogens (tertiary/aromatic N) is 1. The fourth-order valence-corrected chi connectivity index (χ4v) is 3.11. The van der Waals surface area contributed by atoms with E-state index in [4.69, 9.17) is 5.73 Å². The molecule has 0 aliphatic carbocycles. The van der Waals surface area contributed by atoms with Crippen LogP contribution in [0.3, 0.4) is 0 Å². The van der Waals surface area contributed by atoms with Gasteiger partial charge in [-0.3, -0.25) is 4.90 Å². The van der Waals surface area contributed by atoms with E-state index in [9.17, 15) is 0 Å². The number of rotatable bonds is 3. The largest absolute Gasteiger partial charge is 0.327 e. The van der Waals surface area contributed by atoms with E-state index in [1.54, 1.807) is 0 Å². The minimum atomic E-state index is 0.398. The molecule has 0 aromatic heterocycles. The van der Waals surface area contributed by atoms with Crippen LogP contribution < -0.4 is 5.73 Å². The molecule has 2 rings (SSSR count). The summed E-state index contributed by atoms with van der Waals surface area (Å²) in [5, 5.41) is 0. The second-order valence-electron chi connectivity index (χ2n) is 5.65. The van der Waals surface area contributed by atoms with Gasteiger partial charge in [-0.1, -0.05) is 37.6 Å². The third-order valence-electron chi connectivity index (χ3n) is 4.53. The summed E-state index contributed by atoms with van der Waals surface area (Å²) < 4.78 is 0. The van der Waals surface area contributed by atoms with Gasteiger partial charge in [-0.05, 0) is 37.3 Å². The summed E-state index contributed by atoms with van der Waals surface area (Å²) in [6.07, 6.45) is 2.33. The van der Waals surface area contributed by atoms with Gasteiger partial charge in [0, 0.05) is 25.2 Å². The zero-order valence-electron chi connectivity index (χ0n) is 11.9. The molecule has 0 amide bonds. The number of aryl methyl sites for hydroxylation is 1. The predicted octanol–water partition coefficient (Wildman–Crippen LogP) is 3.12. The van der Waals surface area contributed by atoms with Crippen LogP contribution in [0.2, 0.25) is 0 Å². The Labute approximate surface area is 111 Å². The highest BCUT2D eigenvalue weighted by Crippen LogP contribution is 2.28. The van der Waals surface area contributed by atoms with Crippen molar-refractivity contribution in [3.05, 3.63) is 35.4 Å². The van der Waals surface area contributed by atoms with Crippen LogP contribution in [0.1, 0.15) is 43.9 Å². The van der Waals surface area contributed by atoms with Crippen molar-refractivity contribution in [2.24, 2.45) is 11.7 Å². The summed E-state index contributed by atoms with van der Waals surface area (Å²) in [4.78, 5) is 2.60. The Kier molecular flexibility index (Phi) is 4.41. The second-order valence-corrected chi connectivity index (χ2v) is 5.65. The lowest BCUT2D eigenvalue weighted by atomic mass is 9.89. The number of hydrogen-bond acceptors (Lipinski definition) is 2. The molecule has 1 saturated heterocycles. The summed E-state index contributed by atoms with van der Waals surface area (Å²) in [6.45, 7) is 9.07. The maximum atomic E-state index is 6.19. The van der Waals surface area contributed by atoms with Crippen LogP contribution >= 0.6 is 0 Å². The summed E-state index contributed by atoms with van der Waals surface area (Å²) >= 11 is 0. The van der Waals surface area contributed by atoms with E-state index < -0.39 is 0 Å². The highest BCUT2D eigenvalue weighted by atomic mass is 15.2. The van der Waals surface area contributed by atoms with Gasteiger partial charge in [0.15, 0.2) is 0 Å². The van der Waals surface area contributed by atoms with Crippen LogP contribution in [0.25, 0.3) is 0 Å². The predicted molar refractivity (Wildman–Crippen MR) is 77.5 cm³/mol. The summed E-state index contributed by atoms with van der Waals surface area (Å²) in [7, 11) is 0. The van der Waals surface area contributed by atoms with Crippen molar-refractivity contribution >= 4 is 0 Å². The summed E-state index contributed by atoms with van der Waals surface area (Å²) in [6, 6.07) is 9.63. The van der Waals surface area contributed by atoms with Gasteiger partial charge in [0.1, 0.15) is 0 Å². The van der Waals surface area contributed by atoms with E-state index in [2.05, 4.69) is 49.9 Å². The molecule has 0 radical (unpaired) electrons. The first-order valence-corrected chi connectivity index (χ1v) is 7.18. The summed E-state index contributed by atoms with van der Waals surface area (Å²) in [5.41, 5.74) is 9.05. The highest BCUT2D eigenvalue weighted by Gasteiger charge is 2.28. The van der Waals surface area contributed by atoms with Crippen LogP contribution in [0.15, 0.2) is 24.3 Å². The van der Waals surface area contributed by atoms with Crippen molar-refractivity contribution in [3.63, 3.8) is 0 Å². The van der Waals surface area contributed by atoms with Crippen LogP contribution in [0.4, 0.5) is 0 Å². The molecule has 0 saturated carbocycles. The average molecular weight is 246 g/mol. The third kappa shape index (κ3) is 2.76. The first-order valence-electron chi connectivity index (χ1n) is 7.18. The Hall–Kier alpha value is -0.860. The van der Waals surface area contributed by atoms with Gasteiger partial charge >= 0.3 is 0 Å². The average Bonchev–Trinajstić information content (AvgIpc) is 2.39. The molecule has 100 valence electrons. The fourth-order valence-electron chi connectivity index (χ4n) is 3.11. The Bertz CT molecular complexity index is 388. The first-order chi connectivity index (χ1) is 8.63. The lowest BCUT2D eigenvalue weighted by Crippen LogP contribution is -2.47. The molecule has 2 heteroatoms. The Morgan fingerprint density at radius 2 is 2.11 bits per heavy atom. The molecule has 2 nitrogen and oxygen atoms in total. The zero-order chi connectivity index (χ0) is 13.1. The summed E-state index contributed by atoms with van der Waals surface area (Å²) in [5.74, 6) is 0.658. The van der Waals surface area contributed by atoms with Crippen molar-refractivity contribution in [1.29, 1.82) is 0 Å². The minimum absolute atomic E-state index is 0.398. The van der Waals surface area contributed by atoms with Crippen LogP contribution in [-0.2, 0) is 0 Å². The van der Waals surface area contributed by atoms with Gasteiger partial charge in [-0.25, -0.2) is 0 Å². The topological polar surface area (TPSA) is 29.3 Å². The quantitative estimate of drug-likeness (QED) is 0.888. The SMILES string of the molecule is CCC1CN(C(C)c2ccccc2C)CCC1N. The fraction of sp³-hybridized carbons (Fsp3) is 0.625. The Morgan fingerprint density at radius 1 is 1.39 bits per heavy atom. The van der Waals surface area contributed by atoms with Crippen molar-refractivity contribution in [1.82, 2.24) is 4.90 Å². The molecular formula is C16H26N2. The Balaban J connectivity index is 2.10. The van der Waals surface area contributed by atoms with Crippen LogP contribution in [-0.4, -0.2) is 24.0 Å². The van der Waals surface area contributed by atoms with Gasteiger partial charge in [0.25, 0.3) is 0 Å². The monoisotopic (exact) mass is 246 g/mol. The van der Waals surface area contributed by atoms with Gasteiger partial charge in [0.2, 0.25) is 0 Å². The number of benzene rings is 1. The number of hydrogen-bond donors (Lipinski definition) is 1. The molecule has 18 heavy (non-hydrogen) atoms. The van der Waals surface area contributed by atoms with E-state index in [1.807, 2.05) is 0 Å². The van der Waals surface area contributed by atoms with E-state index in [1.165, 1.54) is 17.5 Å². The van der Waals surface area contributed by atoms with Gasteiger partial charge in [-0.15, -0.1) is 0 Å². The third-order valence-corrected chi connectivity index (χ3v) is 4.53. The normalized spacial score (nSPS) is 27.1. The maximum Gasteiger partial charge on any atom is 0.0322 e. The molecule has 2 N–H and O–H groups in total. The molecular weight excluding hydrogens is 220 g/mol. The van der Waals surface area contributed by atoms with Crippen molar-refractivity contribution < 1.29 is 0 Å². The molecule has 3 atom stereocenters. The minimum Gasteiger partial charge on any atom is -0.327 e. The highest BCUT2D eigenvalue weighted by molar-refractivity contribution is 5.28. The van der Waals surface area contributed by atoms with Crippen molar-refractivity contribution in [2.75, 3.05) is 13.1 Å². The zero-order valence-corrected chi connectivity index (χ0v) is 11.9. The van der Waals surface area contributed by atoms with E-state index in [-0.39, 0.29) is 0 Å². The number of likely N-dealkylation sites (tertiary alicyclic amines) is 1. The molecule has 1 aliphatic rings. The lowest BCUT2D eigenvalue weighted by Gasteiger charge is -2.40. The molecule has 0 spiro atoms. The maximum absolute atomic E-state index is 6.19. The molecule has 1 aromatic carbocycles. The molecule has 1 aliphatic heterocycles. The first kappa shape index (κ1) is 13.6. The van der Waals surface area contributed by atoms with Crippen molar-refractivity contribution in [3.8, 4) is 0 Å². The lowest BCUT2D eigenvalue weighted by molar-refractivity contribution is 0.114. The Morgan fingerprint density at radius 3 is 2.78 bits per heavy atom. The molecule has 3 unspecified atom stereocenters. The van der Waals surface area contributed by atoms with Gasteiger partial charge in [0.05, 0.1) is 0 Å². The number of nitrogens with two attached hydrogens (primary N) is 1. The van der Waals surface area contributed by atoms with Gasteiger partial charge < -0.3 is 5.73 Å². The number of piperidine rings is 1. The van der Waals surface area contributed by atoms with E-state index in [0.29, 0.717) is 18.0 Å². The van der Waals surface area contributed by atoms with E-state index in [0.717, 1.165) is 19.5 Å². The van der Waals surface area contributed by atoms with Crippen molar-refractivity contribution in [2.45, 2.75) is 45.7 Å².